The number of hydrogen-bond acceptors (Lipinski definition) is 41. The first-order valence-electron chi connectivity index (χ1n) is 38.1. The molecule has 52 heteroatoms. The lowest BCUT2D eigenvalue weighted by Crippen LogP contribution is -2.37. The Kier molecular flexibility index (Phi) is 28.9. The van der Waals surface area contributed by atoms with Crippen LogP contribution in [-0.4, -0.2) is 269 Å². The number of anilines is 4. The van der Waals surface area contributed by atoms with Crippen LogP contribution in [0.15, 0.2) is 114 Å². The van der Waals surface area contributed by atoms with Crippen LogP contribution in [0, 0.1) is 0 Å². The summed E-state index contributed by atoms with van der Waals surface area (Å²) in [7, 11) is 1.23. The van der Waals surface area contributed by atoms with E-state index in [2.05, 4.69) is 161 Å². The number of carboxylic acid groups (broad SMARTS) is 1. The number of esters is 1. The Hall–Kier alpha value is -8.96. The molecule has 0 aliphatic carbocycles. The van der Waals surface area contributed by atoms with Gasteiger partial charge in [-0.2, -0.15) is 0 Å². The Balaban J connectivity index is 0.000000130. The SMILES string of the molecule is CC1(C)OC2[C@@H](O1)[C@@H](CO)O[C@H]2n1cnc2c(NCc3ccc(Br)s3)ncnc21.COC(=O)CNC(=O)OC[C@H]1O[C@@H](n2cnc3c(NCc4ccc(Br)s4)ncnc32)C2OC(C)(C)O[C@H]21.O=C(O)CNC(=O)OC[C@H]1O[C@@H](n2cnc3c(NCc4ccc(Br)s4)ncnc32)C(O)[C@H]1O.OC[C@H]1O[C@@H](n2cnc3c(NCc4ccc(Br)s4)ncnc32)C(O)[C@H]1O. The maximum Gasteiger partial charge on any atom is 0.407 e. The summed E-state index contributed by atoms with van der Waals surface area (Å²) >= 11 is 20.3. The smallest absolute Gasteiger partial charge is 0.407 e. The van der Waals surface area contributed by atoms with Gasteiger partial charge in [-0.15, -0.1) is 45.3 Å². The molecule has 18 rings (SSSR count). The molecule has 12 aromatic heterocycles. The number of aromatic nitrogens is 16. The highest BCUT2D eigenvalue weighted by Gasteiger charge is 2.58. The molecule has 44 nitrogen and oxygen atoms in total. The first kappa shape index (κ1) is 90.8. The third-order valence-electron chi connectivity index (χ3n) is 19.8. The highest BCUT2D eigenvalue weighted by Crippen LogP contribution is 2.47. The largest absolute Gasteiger partial charge is 0.480 e. The summed E-state index contributed by atoms with van der Waals surface area (Å²) < 4.78 is 73.2. The number of aliphatic carboxylic acids is 1. The van der Waals surface area contributed by atoms with E-state index >= 15 is 0 Å². The van der Waals surface area contributed by atoms with E-state index in [0.29, 0.717) is 94.1 Å². The van der Waals surface area contributed by atoms with Gasteiger partial charge in [-0.1, -0.05) is 0 Å². The van der Waals surface area contributed by atoms with Crippen LogP contribution >= 0.6 is 109 Å². The fourth-order valence-corrected chi connectivity index (χ4v) is 19.9. The van der Waals surface area contributed by atoms with E-state index < -0.39 is 135 Å². The number of nitrogens with zero attached hydrogens (tertiary/aromatic N) is 16. The molecular weight excluding hydrogens is 1980 g/mol. The van der Waals surface area contributed by atoms with E-state index in [1.54, 1.807) is 62.6 Å². The van der Waals surface area contributed by atoms with Crippen molar-refractivity contribution >= 4 is 201 Å². The van der Waals surface area contributed by atoms with Gasteiger partial charge in [0.15, 0.2) is 104 Å². The van der Waals surface area contributed by atoms with Crippen molar-refractivity contribution in [2.75, 3.05) is 67.9 Å². The molecule has 18 heterocycles. The molecule has 6 saturated heterocycles. The zero-order valence-electron chi connectivity index (χ0n) is 66.1. The maximum atomic E-state index is 12.0. The molecule has 6 aliphatic rings. The van der Waals surface area contributed by atoms with Crippen molar-refractivity contribution in [2.24, 2.45) is 0 Å². The van der Waals surface area contributed by atoms with Crippen molar-refractivity contribution in [3.63, 3.8) is 0 Å². The number of fused-ring (bicyclic) bond motifs is 6. The van der Waals surface area contributed by atoms with Crippen LogP contribution in [0.2, 0.25) is 0 Å². The number of carbonyl (C=O) groups excluding carboxylic acids is 3. The number of nitrogens with one attached hydrogen (secondary N) is 6. The average molecular weight is 2070 g/mol. The zero-order valence-corrected chi connectivity index (χ0v) is 75.7. The molecule has 16 atom stereocenters. The molecule has 0 saturated carbocycles. The molecule has 12 aromatic rings. The van der Waals surface area contributed by atoms with E-state index in [9.17, 15) is 49.8 Å². The summed E-state index contributed by atoms with van der Waals surface area (Å²) in [4.78, 5) is 102. The Morgan fingerprint density at radius 3 is 1.06 bits per heavy atom. The van der Waals surface area contributed by atoms with E-state index in [-0.39, 0.29) is 38.6 Å². The van der Waals surface area contributed by atoms with Gasteiger partial charge in [0.05, 0.1) is 87.0 Å². The molecule has 0 spiro atoms. The van der Waals surface area contributed by atoms with E-state index in [1.807, 2.05) is 80.0 Å². The second-order valence-electron chi connectivity index (χ2n) is 29.0. The molecule has 4 unspecified atom stereocenters. The normalized spacial score (nSPS) is 25.0. The third-order valence-corrected chi connectivity index (χ3v) is 26.3. The van der Waals surface area contributed by atoms with Gasteiger partial charge in [-0.25, -0.2) is 69.4 Å². The monoisotopic (exact) mass is 2060 g/mol. The highest BCUT2D eigenvalue weighted by atomic mass is 79.9. The Morgan fingerprint density at radius 2 is 0.728 bits per heavy atom. The van der Waals surface area contributed by atoms with Gasteiger partial charge in [0.2, 0.25) is 0 Å². The van der Waals surface area contributed by atoms with Gasteiger partial charge in [0.25, 0.3) is 0 Å². The van der Waals surface area contributed by atoms with Gasteiger partial charge in [0, 0.05) is 19.5 Å². The highest BCUT2D eigenvalue weighted by molar-refractivity contribution is 9.11. The number of thiophene rings is 4. The number of halogens is 4. The summed E-state index contributed by atoms with van der Waals surface area (Å²) in [6.07, 6.45) is -2.79. The number of imidazole rings is 4. The molecule has 0 radical (unpaired) electrons. The Labute approximate surface area is 756 Å². The van der Waals surface area contributed by atoms with Gasteiger partial charge >= 0.3 is 24.1 Å². The number of carbonyl (C=O) groups is 4. The van der Waals surface area contributed by atoms with E-state index in [0.717, 1.165) is 29.8 Å². The minimum absolute atomic E-state index is 0.116. The maximum absolute atomic E-state index is 12.0. The van der Waals surface area contributed by atoms with Crippen LogP contribution in [0.25, 0.3) is 44.7 Å². The van der Waals surface area contributed by atoms with Gasteiger partial charge in [-0.3, -0.25) is 27.9 Å². The number of methoxy groups -OCH3 is 1. The quantitative estimate of drug-likeness (QED) is 0.0195. The fourth-order valence-electron chi connectivity index (χ4n) is 14.2. The lowest BCUT2D eigenvalue weighted by molar-refractivity contribution is -0.199. The number of rotatable bonds is 26. The summed E-state index contributed by atoms with van der Waals surface area (Å²) in [5.41, 5.74) is 4.23. The molecule has 13 N–H and O–H groups in total. The van der Waals surface area contributed by atoms with Crippen molar-refractivity contribution in [3.8, 4) is 0 Å². The van der Waals surface area contributed by atoms with Gasteiger partial charge < -0.3 is 120 Å². The second kappa shape index (κ2) is 39.7. The summed E-state index contributed by atoms with van der Waals surface area (Å²) in [6, 6.07) is 16.0. The lowest BCUT2D eigenvalue weighted by atomic mass is 10.1. The Bertz CT molecular complexity index is 5780. The van der Waals surface area contributed by atoms with Gasteiger partial charge in [-0.05, 0) is 140 Å². The first-order chi connectivity index (χ1) is 60.1. The number of aliphatic hydroxyl groups is 6. The fraction of sp³-hybridized carbons (Fsp3) is 0.452. The van der Waals surface area contributed by atoms with Crippen molar-refractivity contribution in [1.29, 1.82) is 0 Å². The summed E-state index contributed by atoms with van der Waals surface area (Å²) in [5, 5.41) is 86.0. The number of carboxylic acids is 1. The van der Waals surface area contributed by atoms with Crippen LogP contribution in [0.1, 0.15) is 72.1 Å². The molecule has 0 bridgehead atoms. The summed E-state index contributed by atoms with van der Waals surface area (Å²) in [6.45, 7) is 7.70. The second-order valence-corrected chi connectivity index (χ2v) is 39.2. The zero-order chi connectivity index (χ0) is 88.1. The molecule has 666 valence electrons. The minimum Gasteiger partial charge on any atom is -0.480 e. The van der Waals surface area contributed by atoms with Crippen molar-refractivity contribution in [3.05, 3.63) is 134 Å². The summed E-state index contributed by atoms with van der Waals surface area (Å²) in [5.74, 6) is -1.13. The average Bonchev–Trinajstić information content (AvgIpc) is 1.59. The number of hydrogen-bond donors (Lipinski definition) is 13. The molecule has 6 aliphatic heterocycles. The predicted octanol–water partition coefficient (Wildman–Crippen LogP) is 6.82. The van der Waals surface area contributed by atoms with Crippen molar-refractivity contribution in [1.82, 2.24) is 88.7 Å². The molecule has 6 fully saturated rings. The van der Waals surface area contributed by atoms with Crippen LogP contribution in [0.3, 0.4) is 0 Å². The first-order valence-corrected chi connectivity index (χ1v) is 44.5. The van der Waals surface area contributed by atoms with Gasteiger partial charge in [0.1, 0.15) is 125 Å². The van der Waals surface area contributed by atoms with Crippen LogP contribution in [0.4, 0.5) is 32.9 Å². The number of alkyl carbamates (subject to hydrolysis) is 2. The standard InChI is InChI=1S/C22H25BrN6O7S.C18H19BrN6O7S.C18H20BrN5O4S.C15H16BrN5O4S/c1-22(2)35-16-12(8-33-21(31)25-7-14(30)32-3)34-20(17(16)36-22)29-10-28-15-18(26-9-27-19(15)29)24-6-11-4-5-13(23)37-11;19-10-2-1-8(33-10)3-20-15-12-16(23-6-22-15)25(7-24-12)17-14(29)13(28)9(32-17)5-31-18(30)21-4-11(26)27;1-18(2)27-13-10(6-25)26-17(14(13)28-18)24-8-23-12-15(21-7-22-16(12)24)20-5-9-3-4-11(19)29-9;16-9-2-1-7(26-9)3-17-13-10-14(19-5-18-13)21(6-20-10)15-12(24)11(23)8(4-22)25-15/h4-5,9-10,12,16-17,20H,6-8H2,1-3H3,(H,25,31)(H,24,26,27);1-2,6-7,9,13-14,17,28-29H,3-5H2,(H,21,30)(H,26,27)(H,20,22,23);3-4,7-8,10,13-14,17,25H,5-6H2,1-2H3,(H,20,21,22);1-2,5-6,8,11-12,15,22-24H,3-4H2,(H,17,18,19)/t12-,16+,17?,20-;9-,13+,14?,17-;10-,13+,14?,17-;8-,11+,12?,15-/m1111/s1. The Morgan fingerprint density at radius 1 is 0.416 bits per heavy atom. The molecule has 2 amide bonds. The molecule has 125 heavy (non-hydrogen) atoms. The minimum atomic E-state index is -1.36. The van der Waals surface area contributed by atoms with Crippen molar-refractivity contribution < 1.29 is 107 Å². The van der Waals surface area contributed by atoms with E-state index in [4.69, 9.17) is 52.5 Å². The lowest BCUT2D eigenvalue weighted by Gasteiger charge is -2.24. The topological polar surface area (TPSA) is 558 Å². The molecular formula is C73H80Br4N22O22S4. The van der Waals surface area contributed by atoms with Crippen LogP contribution in [0.5, 0.6) is 0 Å². The number of amides is 2. The number of ether oxygens (including phenoxy) is 11. The van der Waals surface area contributed by atoms with Crippen LogP contribution < -0.4 is 31.9 Å². The number of aliphatic hydroxyl groups excluding tert-OH is 6. The van der Waals surface area contributed by atoms with Crippen molar-refractivity contribution in [2.45, 2.75) is 164 Å². The third kappa shape index (κ3) is 20.9. The predicted molar refractivity (Wildman–Crippen MR) is 459 cm³/mol. The molecule has 0 aromatic carbocycles. The van der Waals surface area contributed by atoms with Crippen LogP contribution in [-0.2, 0) is 87.9 Å². The van der Waals surface area contributed by atoms with E-state index in [1.165, 1.54) is 59.1 Å².